The van der Waals surface area contributed by atoms with Crippen molar-refractivity contribution in [2.24, 2.45) is 0 Å². The van der Waals surface area contributed by atoms with Crippen LogP contribution in [0.15, 0.2) is 24.3 Å². The molecular weight excluding hydrogens is 460 g/mol. The monoisotopic (exact) mass is 498 g/mol. The van der Waals surface area contributed by atoms with Gasteiger partial charge >= 0.3 is 11.9 Å². The average molecular weight is 499 g/mol. The zero-order valence-electron chi connectivity index (χ0n) is 21.4. The molecule has 2 N–H and O–H groups in total. The highest BCUT2D eigenvalue weighted by Gasteiger charge is 2.22. The Bertz CT molecular complexity index is 1180. The number of nitrogens with zero attached hydrogens (tertiary/aromatic N) is 2. The van der Waals surface area contributed by atoms with Gasteiger partial charge in [0, 0.05) is 20.2 Å². The summed E-state index contributed by atoms with van der Waals surface area (Å²) in [5.74, 6) is -1.86. The van der Waals surface area contributed by atoms with Gasteiger partial charge in [-0.25, -0.2) is 9.59 Å². The third kappa shape index (κ3) is 6.21. The maximum Gasteiger partial charge on any atom is 0.336 e. The van der Waals surface area contributed by atoms with E-state index >= 15 is 0 Å². The number of hydrogen-bond acceptors (Lipinski definition) is 5. The van der Waals surface area contributed by atoms with E-state index in [1.165, 1.54) is 0 Å². The molecule has 0 radical (unpaired) electrons. The number of hydrogen-bond donors (Lipinski definition) is 2. The van der Waals surface area contributed by atoms with Crippen molar-refractivity contribution in [2.45, 2.75) is 53.4 Å². The van der Waals surface area contributed by atoms with Crippen LogP contribution in [0.25, 0.3) is 20.2 Å². The first-order valence-electron chi connectivity index (χ1n) is 12.8. The minimum absolute atomic E-state index is 0.228. The van der Waals surface area contributed by atoms with Crippen LogP contribution in [0.1, 0.15) is 72.4 Å². The van der Waals surface area contributed by atoms with E-state index in [0.29, 0.717) is 18.4 Å². The van der Waals surface area contributed by atoms with Crippen LogP contribution in [-0.2, 0) is 12.8 Å². The normalized spacial score (nSPS) is 11.8. The summed E-state index contributed by atoms with van der Waals surface area (Å²) in [6.07, 6.45) is 3.13. The van der Waals surface area contributed by atoms with Crippen molar-refractivity contribution >= 4 is 43.4 Å². The van der Waals surface area contributed by atoms with Crippen LogP contribution in [0, 0.1) is 0 Å². The molecule has 1 heterocycles. The van der Waals surface area contributed by atoms with E-state index < -0.39 is 11.9 Å². The first kappa shape index (κ1) is 27.1. The fraction of sp³-hybridized carbons (Fsp3) is 0.500. The smallest absolute Gasteiger partial charge is 0.336 e. The lowest BCUT2D eigenvalue weighted by molar-refractivity contribution is 0.0684. The van der Waals surface area contributed by atoms with Crippen molar-refractivity contribution in [1.29, 1.82) is 0 Å². The Kier molecular flexibility index (Phi) is 9.66. The molecule has 0 amide bonds. The van der Waals surface area contributed by atoms with E-state index in [1.54, 1.807) is 23.5 Å². The van der Waals surface area contributed by atoms with Crippen molar-refractivity contribution in [2.75, 3.05) is 39.3 Å². The van der Waals surface area contributed by atoms with Crippen LogP contribution >= 0.6 is 11.3 Å². The van der Waals surface area contributed by atoms with Gasteiger partial charge in [0.05, 0.1) is 11.1 Å². The van der Waals surface area contributed by atoms with E-state index in [2.05, 4.69) is 37.5 Å². The standard InChI is InChI=1S/C28H38N2O4S/c1-5-29(6-2)15-9-11-19-18-24-26(22-17-20(27(31)32)13-14-23(22)35-24)21(25(19)28(33)34)12-10-16-30(7-3)8-4/h13-14,17-18H,5-12,15-16H2,1-4H3,(H,31,32)(H,33,34). The molecule has 3 aromatic rings. The summed E-state index contributed by atoms with van der Waals surface area (Å²) in [4.78, 5) is 29.0. The average Bonchev–Trinajstić information content (AvgIpc) is 3.21. The zero-order chi connectivity index (χ0) is 25.5. The molecule has 0 spiro atoms. The summed E-state index contributed by atoms with van der Waals surface area (Å²) < 4.78 is 2.04. The molecule has 2 aromatic carbocycles. The second-order valence-corrected chi connectivity index (χ2v) is 10.0. The fourth-order valence-electron chi connectivity index (χ4n) is 4.98. The molecule has 3 rings (SSSR count). The fourth-order valence-corrected chi connectivity index (χ4v) is 6.16. The molecule has 0 saturated heterocycles. The van der Waals surface area contributed by atoms with Crippen LogP contribution in [0.5, 0.6) is 0 Å². The summed E-state index contributed by atoms with van der Waals surface area (Å²) in [6, 6.07) is 7.23. The third-order valence-corrected chi connectivity index (χ3v) is 8.13. The highest BCUT2D eigenvalue weighted by atomic mass is 32.1. The summed E-state index contributed by atoms with van der Waals surface area (Å²) in [5.41, 5.74) is 2.39. The highest BCUT2D eigenvalue weighted by Crippen LogP contribution is 2.40. The topological polar surface area (TPSA) is 81.1 Å². The predicted octanol–water partition coefficient (Wildman–Crippen LogP) is 6.00. The van der Waals surface area contributed by atoms with E-state index in [0.717, 1.165) is 83.4 Å². The van der Waals surface area contributed by atoms with E-state index in [4.69, 9.17) is 0 Å². The van der Waals surface area contributed by atoms with Gasteiger partial charge < -0.3 is 20.0 Å². The van der Waals surface area contributed by atoms with Gasteiger partial charge in [0.25, 0.3) is 0 Å². The number of aryl methyl sites for hydroxylation is 2. The van der Waals surface area contributed by atoms with E-state index in [1.807, 2.05) is 12.1 Å². The molecule has 0 unspecified atom stereocenters. The largest absolute Gasteiger partial charge is 0.478 e. The maximum absolute atomic E-state index is 12.6. The number of carboxylic acid groups (broad SMARTS) is 2. The van der Waals surface area contributed by atoms with Crippen LogP contribution < -0.4 is 0 Å². The van der Waals surface area contributed by atoms with Crippen molar-refractivity contribution in [1.82, 2.24) is 9.80 Å². The van der Waals surface area contributed by atoms with Gasteiger partial charge in [0.1, 0.15) is 0 Å². The van der Waals surface area contributed by atoms with Gasteiger partial charge in [-0.05, 0) is 100 Å². The van der Waals surface area contributed by atoms with Gasteiger partial charge in [-0.1, -0.05) is 27.7 Å². The summed E-state index contributed by atoms with van der Waals surface area (Å²) in [7, 11) is 0. The van der Waals surface area contributed by atoms with E-state index in [9.17, 15) is 19.8 Å². The Labute approximate surface area is 212 Å². The number of thiophene rings is 1. The molecule has 190 valence electrons. The molecule has 0 aliphatic carbocycles. The molecule has 0 aliphatic heterocycles. The molecule has 35 heavy (non-hydrogen) atoms. The zero-order valence-corrected chi connectivity index (χ0v) is 22.2. The van der Waals surface area contributed by atoms with Crippen LogP contribution in [0.4, 0.5) is 0 Å². The lowest BCUT2D eigenvalue weighted by atomic mass is 9.90. The van der Waals surface area contributed by atoms with Crippen molar-refractivity contribution in [3.05, 3.63) is 46.5 Å². The lowest BCUT2D eigenvalue weighted by Gasteiger charge is -2.20. The minimum atomic E-state index is -0.971. The lowest BCUT2D eigenvalue weighted by Crippen LogP contribution is -2.25. The molecule has 0 bridgehead atoms. The van der Waals surface area contributed by atoms with Crippen molar-refractivity contribution in [3.8, 4) is 0 Å². The number of carbonyl (C=O) groups is 2. The van der Waals surface area contributed by atoms with Crippen molar-refractivity contribution < 1.29 is 19.8 Å². The molecule has 6 nitrogen and oxygen atoms in total. The highest BCUT2D eigenvalue weighted by molar-refractivity contribution is 7.25. The Morgan fingerprint density at radius 3 is 1.94 bits per heavy atom. The maximum atomic E-state index is 12.6. The molecular formula is C28H38N2O4S. The van der Waals surface area contributed by atoms with Gasteiger partial charge in [-0.3, -0.25) is 0 Å². The first-order valence-corrected chi connectivity index (χ1v) is 13.6. The third-order valence-electron chi connectivity index (χ3n) is 7.02. The molecule has 1 aromatic heterocycles. The number of carboxylic acids is 2. The first-order chi connectivity index (χ1) is 16.8. The number of aromatic carboxylic acids is 2. The van der Waals surface area contributed by atoms with Crippen LogP contribution in [0.2, 0.25) is 0 Å². The predicted molar refractivity (Wildman–Crippen MR) is 145 cm³/mol. The molecule has 0 aliphatic rings. The quantitative estimate of drug-likeness (QED) is 0.284. The number of fused-ring (bicyclic) bond motifs is 3. The second kappa shape index (κ2) is 12.5. The van der Waals surface area contributed by atoms with E-state index in [-0.39, 0.29) is 5.56 Å². The van der Waals surface area contributed by atoms with Gasteiger partial charge in [0.2, 0.25) is 0 Å². The van der Waals surface area contributed by atoms with Crippen LogP contribution in [-0.4, -0.2) is 71.2 Å². The summed E-state index contributed by atoms with van der Waals surface area (Å²) >= 11 is 1.62. The second-order valence-electron chi connectivity index (χ2n) is 8.95. The Morgan fingerprint density at radius 2 is 1.40 bits per heavy atom. The molecule has 7 heteroatoms. The Morgan fingerprint density at radius 1 is 0.800 bits per heavy atom. The number of rotatable bonds is 14. The SMILES string of the molecule is CCN(CC)CCCc1cc2sc3ccc(C(=O)O)cc3c2c(CCCN(CC)CC)c1C(=O)O. The Balaban J connectivity index is 2.13. The molecule has 0 atom stereocenters. The van der Waals surface area contributed by atoms with Gasteiger partial charge in [-0.15, -0.1) is 11.3 Å². The molecule has 0 saturated carbocycles. The van der Waals surface area contributed by atoms with Crippen LogP contribution in [0.3, 0.4) is 0 Å². The van der Waals surface area contributed by atoms with Gasteiger partial charge in [0.15, 0.2) is 0 Å². The number of benzene rings is 2. The van der Waals surface area contributed by atoms with Crippen molar-refractivity contribution in [3.63, 3.8) is 0 Å². The van der Waals surface area contributed by atoms with Gasteiger partial charge in [-0.2, -0.15) is 0 Å². The summed E-state index contributed by atoms with van der Waals surface area (Å²) in [5, 5.41) is 21.7. The summed E-state index contributed by atoms with van der Waals surface area (Å²) in [6.45, 7) is 14.3. The molecule has 0 fully saturated rings. The minimum Gasteiger partial charge on any atom is -0.478 e. The Hall–Kier alpha value is -2.48.